The Morgan fingerprint density at radius 1 is 1.03 bits per heavy atom. The van der Waals surface area contributed by atoms with E-state index in [2.05, 4.69) is 32.7 Å². The first kappa shape index (κ1) is 17.9. The molecule has 0 bridgehead atoms. The number of nitrogens with zero attached hydrogens (tertiary/aromatic N) is 4. The number of benzene rings is 2. The van der Waals surface area contributed by atoms with E-state index in [0.29, 0.717) is 12.3 Å². The number of hydrogen-bond acceptors (Lipinski definition) is 3. The first-order valence-electron chi connectivity index (χ1n) is 10.3. The minimum absolute atomic E-state index is 0.197. The molecule has 1 aliphatic rings. The Hall–Kier alpha value is -3.21. The highest BCUT2D eigenvalue weighted by Gasteiger charge is 2.24. The SMILES string of the molecule is O=C(Cc1cnc2ccccc2c1)N1CCC[C@@H](Cn2cnc3ccccc32)C1. The second-order valence-electron chi connectivity index (χ2n) is 7.95. The van der Waals surface area contributed by atoms with Gasteiger partial charge in [-0.2, -0.15) is 0 Å². The Labute approximate surface area is 170 Å². The summed E-state index contributed by atoms with van der Waals surface area (Å²) in [6.07, 6.45) is 6.37. The zero-order valence-electron chi connectivity index (χ0n) is 16.4. The van der Waals surface area contributed by atoms with Gasteiger partial charge in [-0.25, -0.2) is 4.98 Å². The molecule has 2 aromatic heterocycles. The van der Waals surface area contributed by atoms with Crippen LogP contribution in [0, 0.1) is 5.92 Å². The maximum Gasteiger partial charge on any atom is 0.227 e. The number of carbonyl (C=O) groups is 1. The van der Waals surface area contributed by atoms with Crippen LogP contribution < -0.4 is 0 Å². The number of pyridine rings is 1. The van der Waals surface area contributed by atoms with E-state index in [0.717, 1.165) is 60.0 Å². The van der Waals surface area contributed by atoms with E-state index in [1.54, 1.807) is 0 Å². The third kappa shape index (κ3) is 3.73. The van der Waals surface area contributed by atoms with Crippen LogP contribution in [0.4, 0.5) is 0 Å². The fraction of sp³-hybridized carbons (Fsp3) is 0.292. The van der Waals surface area contributed by atoms with Gasteiger partial charge in [0.1, 0.15) is 0 Å². The van der Waals surface area contributed by atoms with E-state index in [1.165, 1.54) is 0 Å². The van der Waals surface area contributed by atoms with Crippen molar-refractivity contribution >= 4 is 27.8 Å². The first-order chi connectivity index (χ1) is 14.3. The van der Waals surface area contributed by atoms with Crippen molar-refractivity contribution in [2.75, 3.05) is 13.1 Å². The van der Waals surface area contributed by atoms with Crippen LogP contribution in [-0.4, -0.2) is 38.4 Å². The van der Waals surface area contributed by atoms with Gasteiger partial charge in [0, 0.05) is 31.2 Å². The minimum atomic E-state index is 0.197. The molecule has 0 N–H and O–H groups in total. The van der Waals surface area contributed by atoms with Crippen LogP contribution in [-0.2, 0) is 17.8 Å². The summed E-state index contributed by atoms with van der Waals surface area (Å²) in [6.45, 7) is 2.56. The molecule has 1 fully saturated rings. The molecule has 0 unspecified atom stereocenters. The molecule has 5 rings (SSSR count). The Bertz CT molecular complexity index is 1170. The largest absolute Gasteiger partial charge is 0.342 e. The van der Waals surface area contributed by atoms with Crippen molar-refractivity contribution in [1.29, 1.82) is 0 Å². The van der Waals surface area contributed by atoms with Crippen molar-refractivity contribution in [3.05, 3.63) is 72.7 Å². The number of hydrogen-bond donors (Lipinski definition) is 0. The zero-order chi connectivity index (χ0) is 19.6. The summed E-state index contributed by atoms with van der Waals surface area (Å²) < 4.78 is 2.22. The third-order valence-electron chi connectivity index (χ3n) is 5.86. The molecule has 5 heteroatoms. The van der Waals surface area contributed by atoms with Gasteiger partial charge < -0.3 is 9.47 Å². The van der Waals surface area contributed by atoms with Crippen molar-refractivity contribution in [3.63, 3.8) is 0 Å². The molecule has 5 nitrogen and oxygen atoms in total. The molecular formula is C24H24N4O. The summed E-state index contributed by atoms with van der Waals surface area (Å²) in [4.78, 5) is 24.0. The van der Waals surface area contributed by atoms with E-state index in [1.807, 2.05) is 53.8 Å². The molecule has 0 radical (unpaired) electrons. The second-order valence-corrected chi connectivity index (χ2v) is 7.95. The molecule has 1 amide bonds. The quantitative estimate of drug-likeness (QED) is 0.533. The Balaban J connectivity index is 1.26. The van der Waals surface area contributed by atoms with E-state index >= 15 is 0 Å². The number of para-hydroxylation sites is 3. The van der Waals surface area contributed by atoms with Gasteiger partial charge >= 0.3 is 0 Å². The monoisotopic (exact) mass is 384 g/mol. The predicted molar refractivity (Wildman–Crippen MR) is 114 cm³/mol. The predicted octanol–water partition coefficient (Wildman–Crippen LogP) is 4.07. The molecule has 0 spiro atoms. The van der Waals surface area contributed by atoms with Crippen LogP contribution in [0.5, 0.6) is 0 Å². The summed E-state index contributed by atoms with van der Waals surface area (Å²) in [5.41, 5.74) is 4.14. The summed E-state index contributed by atoms with van der Waals surface area (Å²) in [5.74, 6) is 0.655. The number of carbonyl (C=O) groups excluding carboxylic acids is 1. The van der Waals surface area contributed by atoms with Crippen LogP contribution >= 0.6 is 0 Å². The van der Waals surface area contributed by atoms with Crippen LogP contribution in [0.15, 0.2) is 67.1 Å². The highest BCUT2D eigenvalue weighted by Crippen LogP contribution is 2.22. The van der Waals surface area contributed by atoms with Gasteiger partial charge in [-0.3, -0.25) is 9.78 Å². The minimum Gasteiger partial charge on any atom is -0.342 e. The van der Waals surface area contributed by atoms with Crippen LogP contribution in [0.2, 0.25) is 0 Å². The third-order valence-corrected chi connectivity index (χ3v) is 5.86. The molecular weight excluding hydrogens is 360 g/mol. The molecule has 3 heterocycles. The number of imidazole rings is 1. The number of rotatable bonds is 4. The normalized spacial score (nSPS) is 17.1. The molecule has 29 heavy (non-hydrogen) atoms. The lowest BCUT2D eigenvalue weighted by molar-refractivity contribution is -0.132. The number of amides is 1. The molecule has 4 aromatic rings. The highest BCUT2D eigenvalue weighted by atomic mass is 16.2. The van der Waals surface area contributed by atoms with Crippen molar-refractivity contribution in [2.45, 2.75) is 25.8 Å². The van der Waals surface area contributed by atoms with Gasteiger partial charge in [0.25, 0.3) is 0 Å². The summed E-state index contributed by atoms with van der Waals surface area (Å²) in [5, 5.41) is 1.08. The van der Waals surface area contributed by atoms with Gasteiger partial charge in [0.05, 0.1) is 29.3 Å². The lowest BCUT2D eigenvalue weighted by Gasteiger charge is -2.33. The maximum atomic E-state index is 12.9. The summed E-state index contributed by atoms with van der Waals surface area (Å²) in [6, 6.07) is 18.3. The van der Waals surface area contributed by atoms with E-state index in [9.17, 15) is 4.79 Å². The zero-order valence-corrected chi connectivity index (χ0v) is 16.4. The van der Waals surface area contributed by atoms with Gasteiger partial charge in [-0.05, 0) is 48.6 Å². The Morgan fingerprint density at radius 2 is 1.86 bits per heavy atom. The van der Waals surface area contributed by atoms with E-state index in [-0.39, 0.29) is 5.91 Å². The Kier molecular flexibility index (Phi) is 4.72. The molecule has 1 aliphatic heterocycles. The average Bonchev–Trinajstić information content (AvgIpc) is 3.17. The van der Waals surface area contributed by atoms with Gasteiger partial charge in [-0.15, -0.1) is 0 Å². The number of piperidine rings is 1. The molecule has 0 saturated carbocycles. The lowest BCUT2D eigenvalue weighted by atomic mass is 9.97. The number of likely N-dealkylation sites (tertiary alicyclic amines) is 1. The number of aromatic nitrogens is 3. The molecule has 1 saturated heterocycles. The highest BCUT2D eigenvalue weighted by molar-refractivity contribution is 5.82. The van der Waals surface area contributed by atoms with Gasteiger partial charge in [-0.1, -0.05) is 30.3 Å². The first-order valence-corrected chi connectivity index (χ1v) is 10.3. The van der Waals surface area contributed by atoms with E-state index < -0.39 is 0 Å². The topological polar surface area (TPSA) is 51.0 Å². The fourth-order valence-electron chi connectivity index (χ4n) is 4.37. The second kappa shape index (κ2) is 7.66. The van der Waals surface area contributed by atoms with Crippen molar-refractivity contribution < 1.29 is 4.79 Å². The molecule has 0 aliphatic carbocycles. The lowest BCUT2D eigenvalue weighted by Crippen LogP contribution is -2.41. The van der Waals surface area contributed by atoms with Gasteiger partial charge in [0.15, 0.2) is 0 Å². The van der Waals surface area contributed by atoms with Gasteiger partial charge in [0.2, 0.25) is 5.91 Å². The summed E-state index contributed by atoms with van der Waals surface area (Å²) >= 11 is 0. The molecule has 146 valence electrons. The van der Waals surface area contributed by atoms with Crippen LogP contribution in [0.1, 0.15) is 18.4 Å². The standard InChI is InChI=1S/C24H24N4O/c29-24(13-19-12-20-7-1-2-8-21(20)25-14-19)27-11-5-6-18(15-27)16-28-17-26-22-9-3-4-10-23(22)28/h1-4,7-10,12,14,17-18H,5-6,11,13,15-16H2/t18-/m1/s1. The molecule has 2 aromatic carbocycles. The smallest absolute Gasteiger partial charge is 0.227 e. The molecule has 1 atom stereocenters. The average molecular weight is 384 g/mol. The number of fused-ring (bicyclic) bond motifs is 2. The van der Waals surface area contributed by atoms with Crippen LogP contribution in [0.3, 0.4) is 0 Å². The van der Waals surface area contributed by atoms with Crippen molar-refractivity contribution in [2.24, 2.45) is 5.92 Å². The maximum absolute atomic E-state index is 12.9. The summed E-state index contributed by atoms with van der Waals surface area (Å²) in [7, 11) is 0. The Morgan fingerprint density at radius 3 is 2.79 bits per heavy atom. The van der Waals surface area contributed by atoms with Crippen molar-refractivity contribution in [3.8, 4) is 0 Å². The van der Waals surface area contributed by atoms with Crippen LogP contribution in [0.25, 0.3) is 21.9 Å². The fourth-order valence-corrected chi connectivity index (χ4v) is 4.37. The van der Waals surface area contributed by atoms with E-state index in [4.69, 9.17) is 0 Å². The van der Waals surface area contributed by atoms with Crippen molar-refractivity contribution in [1.82, 2.24) is 19.4 Å².